The molecule has 2 aliphatic heterocycles. The summed E-state index contributed by atoms with van der Waals surface area (Å²) in [6.45, 7) is 3.11. The van der Waals surface area contributed by atoms with Crippen LogP contribution in [0.2, 0.25) is 0 Å². The first-order valence-electron chi connectivity index (χ1n) is 6.45. The third-order valence-corrected chi connectivity index (χ3v) is 5.61. The molecule has 98 valence electrons. The van der Waals surface area contributed by atoms with Crippen LogP contribution in [0.3, 0.4) is 0 Å². The van der Waals surface area contributed by atoms with Gasteiger partial charge in [0.1, 0.15) is 0 Å². The average molecular weight is 266 g/mol. The van der Waals surface area contributed by atoms with Gasteiger partial charge < -0.3 is 10.6 Å². The molecular formula is C13H18N2O2S. The minimum atomic E-state index is -3.02. The van der Waals surface area contributed by atoms with Gasteiger partial charge in [0.25, 0.3) is 0 Å². The highest BCUT2D eigenvalue weighted by molar-refractivity contribution is 7.91. The molecule has 2 heterocycles. The number of hydrogen-bond donors (Lipinski definition) is 2. The van der Waals surface area contributed by atoms with Gasteiger partial charge in [0, 0.05) is 31.2 Å². The fourth-order valence-electron chi connectivity index (χ4n) is 2.51. The standard InChI is InChI=1S/C13H18N2O2S/c16-18(17)5-1-2-11-6-12(3-4-13(11)18)15-9-10-7-14-8-10/h3-4,6,10,14-15H,1-2,5,7-9H2. The molecular weight excluding hydrogens is 248 g/mol. The molecule has 0 unspecified atom stereocenters. The predicted octanol–water partition coefficient (Wildman–Crippen LogP) is 1.04. The summed E-state index contributed by atoms with van der Waals surface area (Å²) >= 11 is 0. The van der Waals surface area contributed by atoms with Gasteiger partial charge in [0.2, 0.25) is 0 Å². The third-order valence-electron chi connectivity index (χ3n) is 3.72. The molecule has 2 aliphatic rings. The van der Waals surface area contributed by atoms with Gasteiger partial charge in [-0.2, -0.15) is 0 Å². The molecule has 2 N–H and O–H groups in total. The van der Waals surface area contributed by atoms with Crippen molar-refractivity contribution in [3.8, 4) is 0 Å². The minimum Gasteiger partial charge on any atom is -0.385 e. The molecule has 0 spiro atoms. The molecule has 5 heteroatoms. The Hall–Kier alpha value is -1.07. The summed E-state index contributed by atoms with van der Waals surface area (Å²) in [4.78, 5) is 0.532. The summed E-state index contributed by atoms with van der Waals surface area (Å²) in [5.74, 6) is 0.991. The number of aryl methyl sites for hydroxylation is 1. The van der Waals surface area contributed by atoms with Gasteiger partial charge in [-0.3, -0.25) is 0 Å². The second kappa shape index (κ2) is 4.55. The van der Waals surface area contributed by atoms with E-state index in [2.05, 4.69) is 10.6 Å². The van der Waals surface area contributed by atoms with Crippen molar-refractivity contribution in [1.29, 1.82) is 0 Å². The van der Waals surface area contributed by atoms with E-state index in [1.54, 1.807) is 6.07 Å². The fraction of sp³-hybridized carbons (Fsp3) is 0.538. The molecule has 18 heavy (non-hydrogen) atoms. The smallest absolute Gasteiger partial charge is 0.178 e. The molecule has 0 radical (unpaired) electrons. The van der Waals surface area contributed by atoms with E-state index in [0.717, 1.165) is 43.7 Å². The Morgan fingerprint density at radius 2 is 2.17 bits per heavy atom. The zero-order chi connectivity index (χ0) is 12.6. The van der Waals surface area contributed by atoms with Crippen LogP contribution in [0.25, 0.3) is 0 Å². The highest BCUT2D eigenvalue weighted by Crippen LogP contribution is 2.27. The molecule has 0 aromatic heterocycles. The maximum Gasteiger partial charge on any atom is 0.178 e. The Morgan fingerprint density at radius 3 is 2.89 bits per heavy atom. The molecule has 1 aromatic rings. The van der Waals surface area contributed by atoms with Crippen LogP contribution in [0.5, 0.6) is 0 Å². The second-order valence-electron chi connectivity index (χ2n) is 5.15. The van der Waals surface area contributed by atoms with Crippen LogP contribution >= 0.6 is 0 Å². The second-order valence-corrected chi connectivity index (χ2v) is 7.23. The fourth-order valence-corrected chi connectivity index (χ4v) is 4.09. The lowest BCUT2D eigenvalue weighted by Crippen LogP contribution is -2.45. The first kappa shape index (κ1) is 12.0. The van der Waals surface area contributed by atoms with Gasteiger partial charge in [-0.15, -0.1) is 0 Å². The molecule has 1 aromatic carbocycles. The molecule has 1 fully saturated rings. The molecule has 0 atom stereocenters. The van der Waals surface area contributed by atoms with Gasteiger partial charge in [-0.05, 0) is 36.6 Å². The Bertz CT molecular complexity index is 550. The van der Waals surface area contributed by atoms with Crippen molar-refractivity contribution in [2.75, 3.05) is 30.7 Å². The van der Waals surface area contributed by atoms with E-state index in [-0.39, 0.29) is 0 Å². The molecule has 0 amide bonds. The van der Waals surface area contributed by atoms with Crippen LogP contribution in [0, 0.1) is 5.92 Å². The van der Waals surface area contributed by atoms with Gasteiger partial charge in [0.15, 0.2) is 9.84 Å². The summed E-state index contributed by atoms with van der Waals surface area (Å²) in [5.41, 5.74) is 2.01. The summed E-state index contributed by atoms with van der Waals surface area (Å²) in [5, 5.41) is 6.63. The number of nitrogens with one attached hydrogen (secondary N) is 2. The Balaban J connectivity index is 1.77. The van der Waals surface area contributed by atoms with E-state index >= 15 is 0 Å². The quantitative estimate of drug-likeness (QED) is 0.858. The zero-order valence-electron chi connectivity index (χ0n) is 10.3. The third kappa shape index (κ3) is 2.24. The molecule has 0 aliphatic carbocycles. The molecule has 1 saturated heterocycles. The van der Waals surface area contributed by atoms with Crippen LogP contribution in [-0.2, 0) is 16.3 Å². The largest absolute Gasteiger partial charge is 0.385 e. The monoisotopic (exact) mass is 266 g/mol. The van der Waals surface area contributed by atoms with E-state index in [1.807, 2.05) is 12.1 Å². The molecule has 0 bridgehead atoms. The Labute approximate surface area is 108 Å². The maximum atomic E-state index is 11.9. The van der Waals surface area contributed by atoms with Crippen molar-refractivity contribution < 1.29 is 8.42 Å². The zero-order valence-corrected chi connectivity index (χ0v) is 11.1. The summed E-state index contributed by atoms with van der Waals surface area (Å²) < 4.78 is 23.8. The molecule has 3 rings (SSSR count). The lowest BCUT2D eigenvalue weighted by molar-refractivity contribution is 0.365. The van der Waals surface area contributed by atoms with Crippen molar-refractivity contribution in [1.82, 2.24) is 5.32 Å². The van der Waals surface area contributed by atoms with E-state index in [9.17, 15) is 8.42 Å². The number of hydrogen-bond acceptors (Lipinski definition) is 4. The van der Waals surface area contributed by atoms with Gasteiger partial charge in [-0.1, -0.05) is 0 Å². The first-order chi connectivity index (χ1) is 8.65. The summed E-state index contributed by atoms with van der Waals surface area (Å²) in [6, 6.07) is 5.64. The first-order valence-corrected chi connectivity index (χ1v) is 8.11. The Kier molecular flexibility index (Phi) is 3.03. The number of fused-ring (bicyclic) bond motifs is 1. The van der Waals surface area contributed by atoms with Crippen LogP contribution in [-0.4, -0.2) is 33.8 Å². The van der Waals surface area contributed by atoms with E-state index in [0.29, 0.717) is 16.6 Å². The van der Waals surface area contributed by atoms with Crippen molar-refractivity contribution in [3.63, 3.8) is 0 Å². The lowest BCUT2D eigenvalue weighted by atomic mass is 10.0. The van der Waals surface area contributed by atoms with Crippen LogP contribution in [0.15, 0.2) is 23.1 Å². The van der Waals surface area contributed by atoms with Crippen LogP contribution in [0.1, 0.15) is 12.0 Å². The van der Waals surface area contributed by atoms with E-state index in [4.69, 9.17) is 0 Å². The van der Waals surface area contributed by atoms with Gasteiger partial charge in [0.05, 0.1) is 10.6 Å². The van der Waals surface area contributed by atoms with Crippen molar-refractivity contribution in [2.24, 2.45) is 5.92 Å². The van der Waals surface area contributed by atoms with Gasteiger partial charge >= 0.3 is 0 Å². The topological polar surface area (TPSA) is 58.2 Å². The van der Waals surface area contributed by atoms with Crippen LogP contribution < -0.4 is 10.6 Å². The Morgan fingerprint density at radius 1 is 1.33 bits per heavy atom. The average Bonchev–Trinajstić information content (AvgIpc) is 2.26. The SMILES string of the molecule is O=S1(=O)CCCc2cc(NCC3CNC3)ccc21. The number of sulfone groups is 1. The van der Waals surface area contributed by atoms with Crippen molar-refractivity contribution in [2.45, 2.75) is 17.7 Å². The van der Waals surface area contributed by atoms with Crippen LogP contribution in [0.4, 0.5) is 5.69 Å². The van der Waals surface area contributed by atoms with Gasteiger partial charge in [-0.25, -0.2) is 8.42 Å². The van der Waals surface area contributed by atoms with Crippen molar-refractivity contribution in [3.05, 3.63) is 23.8 Å². The van der Waals surface area contributed by atoms with Crippen molar-refractivity contribution >= 4 is 15.5 Å². The highest BCUT2D eigenvalue weighted by atomic mass is 32.2. The number of benzene rings is 1. The summed E-state index contributed by atoms with van der Waals surface area (Å²) in [7, 11) is -3.02. The number of anilines is 1. The van der Waals surface area contributed by atoms with E-state index in [1.165, 1.54) is 0 Å². The summed E-state index contributed by atoms with van der Waals surface area (Å²) in [6.07, 6.45) is 1.61. The molecule has 4 nitrogen and oxygen atoms in total. The van der Waals surface area contributed by atoms with E-state index < -0.39 is 9.84 Å². The molecule has 0 saturated carbocycles. The minimum absolute atomic E-state index is 0.292. The normalized spacial score (nSPS) is 22.0. The number of rotatable bonds is 3. The maximum absolute atomic E-state index is 11.9. The lowest BCUT2D eigenvalue weighted by Gasteiger charge is -2.27. The highest BCUT2D eigenvalue weighted by Gasteiger charge is 2.23. The predicted molar refractivity (Wildman–Crippen MR) is 71.7 cm³/mol.